The number of aromatic nitrogens is 2. The molecule has 16 heteroatoms. The number of carbonyl (C=O) groups excluding carboxylic acids is 4. The molecule has 12 rings (SSSR count). The summed E-state index contributed by atoms with van der Waals surface area (Å²) in [6, 6.07) is 18.5. The van der Waals surface area contributed by atoms with E-state index in [9.17, 15) is 29.7 Å². The zero-order valence-electron chi connectivity index (χ0n) is 42.0. The van der Waals surface area contributed by atoms with Gasteiger partial charge < -0.3 is 29.9 Å². The molecule has 8 atom stereocenters. The third-order valence-corrected chi connectivity index (χ3v) is 17.7. The maximum absolute atomic E-state index is 15.2. The lowest BCUT2D eigenvalue weighted by Gasteiger charge is -2.37. The van der Waals surface area contributed by atoms with Gasteiger partial charge in [-0.25, -0.2) is 18.4 Å². The highest BCUT2D eigenvalue weighted by Gasteiger charge is 2.49. The number of nitriles is 2. The lowest BCUT2D eigenvalue weighted by molar-refractivity contribution is -0.123. The smallest absolute Gasteiger partial charge is 0.341 e. The molecule has 2 unspecified atom stereocenters. The lowest BCUT2D eigenvalue weighted by Crippen LogP contribution is -2.42. The summed E-state index contributed by atoms with van der Waals surface area (Å²) in [6.45, 7) is 3.31. The quantitative estimate of drug-likeness (QED) is 0.133. The van der Waals surface area contributed by atoms with Crippen LogP contribution in [-0.2, 0) is 43.1 Å². The molecule has 2 spiro atoms. The van der Waals surface area contributed by atoms with Crippen molar-refractivity contribution >= 4 is 23.5 Å². The van der Waals surface area contributed by atoms with Crippen LogP contribution in [0, 0.1) is 58.0 Å². The maximum Gasteiger partial charge on any atom is 0.341 e. The van der Waals surface area contributed by atoms with E-state index in [-0.39, 0.29) is 61.3 Å². The van der Waals surface area contributed by atoms with Gasteiger partial charge in [0.2, 0.25) is 0 Å². The van der Waals surface area contributed by atoms with E-state index in [2.05, 4.69) is 56.6 Å². The lowest BCUT2D eigenvalue weighted by atomic mass is 9.83. The minimum absolute atomic E-state index is 0.0673. The number of rotatable bonds is 12. The molecule has 384 valence electrons. The van der Waals surface area contributed by atoms with Crippen molar-refractivity contribution in [3.05, 3.63) is 106 Å². The molecule has 6 fully saturated rings. The summed E-state index contributed by atoms with van der Waals surface area (Å²) < 4.78 is 42.1. The fourth-order valence-corrected chi connectivity index (χ4v) is 13.4. The number of ether oxygens (including phenoxy) is 2. The minimum atomic E-state index is -0.644. The number of piperidine rings is 4. The molecule has 4 bridgehead atoms. The van der Waals surface area contributed by atoms with Gasteiger partial charge in [-0.1, -0.05) is 24.3 Å². The van der Waals surface area contributed by atoms with E-state index in [0.29, 0.717) is 94.4 Å². The van der Waals surface area contributed by atoms with E-state index in [1.54, 1.807) is 24.3 Å². The second-order valence-corrected chi connectivity index (χ2v) is 22.4. The van der Waals surface area contributed by atoms with Crippen LogP contribution in [0.15, 0.2) is 60.9 Å². The normalized spacial score (nSPS) is 26.6. The largest absolute Gasteiger partial charge is 0.450 e. The molecule has 74 heavy (non-hydrogen) atoms. The number of carbonyl (C=O) groups is 4. The highest BCUT2D eigenvalue weighted by molar-refractivity contribution is 5.96. The van der Waals surface area contributed by atoms with Crippen LogP contribution in [0.5, 0.6) is 0 Å². The van der Waals surface area contributed by atoms with Crippen LogP contribution in [0.4, 0.5) is 8.78 Å². The van der Waals surface area contributed by atoms with E-state index in [0.717, 1.165) is 75.8 Å². The van der Waals surface area contributed by atoms with Crippen molar-refractivity contribution in [2.45, 2.75) is 125 Å². The Hall–Kier alpha value is -6.30. The first-order chi connectivity index (χ1) is 35.7. The molecule has 8 heterocycles. The summed E-state index contributed by atoms with van der Waals surface area (Å²) in [5.74, 6) is -1.80. The Morgan fingerprint density at radius 2 is 1.07 bits per heavy atom. The van der Waals surface area contributed by atoms with E-state index in [1.807, 2.05) is 12.1 Å². The van der Waals surface area contributed by atoms with Crippen LogP contribution < -0.4 is 10.6 Å². The number of esters is 2. The van der Waals surface area contributed by atoms with Crippen molar-refractivity contribution in [3.63, 3.8) is 0 Å². The van der Waals surface area contributed by atoms with Crippen LogP contribution in [0.1, 0.15) is 120 Å². The van der Waals surface area contributed by atoms with Gasteiger partial charge >= 0.3 is 11.9 Å². The number of nitrogens with zero attached hydrogens (tertiary/aromatic N) is 6. The van der Waals surface area contributed by atoms with Gasteiger partial charge in [-0.05, 0) is 113 Å². The number of fused-ring (bicyclic) bond motifs is 8. The van der Waals surface area contributed by atoms with Crippen molar-refractivity contribution in [2.24, 2.45) is 23.7 Å². The summed E-state index contributed by atoms with van der Waals surface area (Å²) in [4.78, 5) is 64.0. The predicted molar refractivity (Wildman–Crippen MR) is 268 cm³/mol. The standard InChI is InChI=1S/2C29H31FN4O3/c2*1-34-8-6-29(7-9-34)23-14-25(32-16-22(23)28(36)37-29)19-3-2-18(24(30)13-19)10-17(15-31)11-26(35)27-20-4-5-21(12-20)33-27/h2*2-3,13-14,16-17,20-21,27,33H,4-12H2,1H3/t2*17-,20+,21-,27?/m11/s1. The SMILES string of the molecule is CN1CCC2(CC1)OC(=O)c1cnc(-c3ccc(C[C@@H](C#N)CC(=O)C4N[C@@H]5CC[C@H]4C5)c(F)c3)cc12.CN1CCC2(CC1)OC(=O)c1cnc(-c3ccc(C[C@@H](C#N)CC(=O)C4N[C@@H]5CC[C@H]4C5)c(F)c3)cc12. The van der Waals surface area contributed by atoms with Gasteiger partial charge in [0.15, 0.2) is 11.6 Å². The van der Waals surface area contributed by atoms with Crippen molar-refractivity contribution in [1.82, 2.24) is 30.4 Å². The van der Waals surface area contributed by atoms with Gasteiger partial charge in [-0.15, -0.1) is 0 Å². The van der Waals surface area contributed by atoms with E-state index >= 15 is 8.78 Å². The van der Waals surface area contributed by atoms with Crippen molar-refractivity contribution in [1.29, 1.82) is 10.5 Å². The molecule has 2 aromatic heterocycles. The molecular formula is C58H62F2N8O6. The van der Waals surface area contributed by atoms with Crippen LogP contribution in [-0.4, -0.2) is 108 Å². The number of Topliss-reactive ketones (excluding diaryl/α,β-unsaturated/α-hetero) is 2. The third-order valence-electron chi connectivity index (χ3n) is 17.7. The molecule has 8 aliphatic rings. The van der Waals surface area contributed by atoms with Crippen molar-refractivity contribution < 1.29 is 37.4 Å². The van der Waals surface area contributed by atoms with E-state index in [4.69, 9.17) is 9.47 Å². The summed E-state index contributed by atoms with van der Waals surface area (Å²) in [7, 11) is 4.10. The summed E-state index contributed by atoms with van der Waals surface area (Å²) >= 11 is 0. The molecule has 0 amide bonds. The van der Waals surface area contributed by atoms with Gasteiger partial charge in [0.1, 0.15) is 22.8 Å². The zero-order chi connectivity index (χ0) is 51.5. The van der Waals surface area contributed by atoms with Gasteiger partial charge in [0.25, 0.3) is 0 Å². The topological polar surface area (TPSA) is 191 Å². The molecular weight excluding hydrogens is 943 g/mol. The number of likely N-dealkylation sites (tertiary alicyclic amines) is 2. The number of hydrogen-bond acceptors (Lipinski definition) is 14. The molecule has 14 nitrogen and oxygen atoms in total. The fraction of sp³-hybridized carbons (Fsp3) is 0.517. The second-order valence-electron chi connectivity index (χ2n) is 22.4. The average molecular weight is 1010 g/mol. The van der Waals surface area contributed by atoms with Gasteiger partial charge in [0.05, 0.1) is 58.6 Å². The Morgan fingerprint density at radius 1 is 0.662 bits per heavy atom. The monoisotopic (exact) mass is 1000 g/mol. The number of ketones is 2. The maximum atomic E-state index is 15.2. The number of nitrogens with one attached hydrogen (secondary N) is 2. The Morgan fingerprint density at radius 3 is 1.41 bits per heavy atom. The number of pyridine rings is 2. The predicted octanol–water partition coefficient (Wildman–Crippen LogP) is 7.52. The summed E-state index contributed by atoms with van der Waals surface area (Å²) in [5, 5.41) is 26.2. The first-order valence-corrected chi connectivity index (χ1v) is 26.5. The van der Waals surface area contributed by atoms with Crippen LogP contribution >= 0.6 is 0 Å². The highest BCUT2D eigenvalue weighted by atomic mass is 19.1. The molecule has 2 aromatic carbocycles. The second kappa shape index (κ2) is 20.1. The molecule has 2 aliphatic carbocycles. The van der Waals surface area contributed by atoms with Gasteiger partial charge in [0, 0.05) is 111 Å². The molecule has 6 aliphatic heterocycles. The molecule has 4 aromatic rings. The Labute approximate surface area is 430 Å². The average Bonchev–Trinajstić information content (AvgIpc) is 4.30. The van der Waals surface area contributed by atoms with Crippen LogP contribution in [0.3, 0.4) is 0 Å². The van der Waals surface area contributed by atoms with E-state index < -0.39 is 34.7 Å². The van der Waals surface area contributed by atoms with Gasteiger partial charge in [-0.2, -0.15) is 10.5 Å². The Kier molecular flexibility index (Phi) is 13.5. The highest BCUT2D eigenvalue weighted by Crippen LogP contribution is 2.47. The van der Waals surface area contributed by atoms with Crippen molar-refractivity contribution in [3.8, 4) is 34.7 Å². The molecule has 2 N–H and O–H groups in total. The van der Waals surface area contributed by atoms with Crippen LogP contribution in [0.25, 0.3) is 22.5 Å². The third kappa shape index (κ3) is 9.55. The van der Waals surface area contributed by atoms with Gasteiger partial charge in [-0.3, -0.25) is 19.6 Å². The summed E-state index contributed by atoms with van der Waals surface area (Å²) in [6.07, 6.45) is 13.0. The zero-order valence-corrected chi connectivity index (χ0v) is 42.0. The number of halogens is 2. The van der Waals surface area contributed by atoms with Crippen LogP contribution in [0.2, 0.25) is 0 Å². The van der Waals surface area contributed by atoms with E-state index in [1.165, 1.54) is 24.5 Å². The fourth-order valence-electron chi connectivity index (χ4n) is 13.4. The number of hydrogen-bond donors (Lipinski definition) is 2. The molecule has 2 saturated carbocycles. The summed E-state index contributed by atoms with van der Waals surface area (Å²) in [5.41, 5.74) is 4.52. The minimum Gasteiger partial charge on any atom is -0.450 e. The number of benzene rings is 2. The Balaban J connectivity index is 0.000000159. The molecule has 4 saturated heterocycles. The first-order valence-electron chi connectivity index (χ1n) is 26.5. The Bertz CT molecular complexity index is 2790. The van der Waals surface area contributed by atoms with Crippen molar-refractivity contribution in [2.75, 3.05) is 40.3 Å². The molecule has 0 radical (unpaired) electrons. The first kappa shape index (κ1) is 49.9.